The molecule has 1 aromatic heterocycles. The number of aromatic hydroxyl groups is 1. The number of aromatic nitrogens is 1. The second kappa shape index (κ2) is 9.41. The van der Waals surface area contributed by atoms with Gasteiger partial charge in [-0.2, -0.15) is 0 Å². The molecule has 2 rings (SSSR count). The first kappa shape index (κ1) is 22.2. The molecule has 0 unspecified atom stereocenters. The van der Waals surface area contributed by atoms with Gasteiger partial charge in [0.15, 0.2) is 17.2 Å². The van der Waals surface area contributed by atoms with Crippen molar-refractivity contribution >= 4 is 11.9 Å². The highest BCUT2D eigenvalue weighted by Crippen LogP contribution is 2.29. The Hall–Kier alpha value is -3.09. The third-order valence-corrected chi connectivity index (χ3v) is 5.03. The van der Waals surface area contributed by atoms with Crippen molar-refractivity contribution in [3.63, 3.8) is 0 Å². The van der Waals surface area contributed by atoms with Gasteiger partial charge in [0.2, 0.25) is 0 Å². The number of esters is 1. The Morgan fingerprint density at radius 3 is 2.31 bits per heavy atom. The monoisotopic (exact) mass is 400 g/mol. The van der Waals surface area contributed by atoms with E-state index in [1.54, 1.807) is 0 Å². The molecule has 0 aliphatic carbocycles. The maximum atomic E-state index is 12.5. The zero-order valence-corrected chi connectivity index (χ0v) is 17.6. The quantitative estimate of drug-likeness (QED) is 0.693. The van der Waals surface area contributed by atoms with Crippen LogP contribution in [0, 0.1) is 13.8 Å². The Labute approximate surface area is 171 Å². The minimum atomic E-state index is -0.914. The number of amides is 1. The summed E-state index contributed by atoms with van der Waals surface area (Å²) in [5.74, 6) is -1.53. The number of nitrogens with zero attached hydrogens (tertiary/aromatic N) is 1. The van der Waals surface area contributed by atoms with Crippen LogP contribution in [0.25, 0.3) is 0 Å². The molecule has 0 spiro atoms. The largest absolute Gasteiger partial charge is 0.503 e. The van der Waals surface area contributed by atoms with E-state index in [2.05, 4.69) is 10.3 Å². The molecule has 0 saturated heterocycles. The Bertz CT molecular complexity index is 877. The van der Waals surface area contributed by atoms with Gasteiger partial charge in [-0.3, -0.25) is 4.79 Å². The Morgan fingerprint density at radius 1 is 1.10 bits per heavy atom. The third-order valence-electron chi connectivity index (χ3n) is 5.03. The second-order valence-electron chi connectivity index (χ2n) is 7.14. The zero-order valence-electron chi connectivity index (χ0n) is 17.6. The van der Waals surface area contributed by atoms with E-state index in [4.69, 9.17) is 9.47 Å². The highest BCUT2D eigenvalue weighted by Gasteiger charge is 2.26. The Kier molecular flexibility index (Phi) is 7.20. The van der Waals surface area contributed by atoms with Crippen molar-refractivity contribution in [2.75, 3.05) is 7.11 Å². The first-order valence-electron chi connectivity index (χ1n) is 9.46. The number of nitrogens with one attached hydrogen (secondary N) is 1. The maximum Gasteiger partial charge on any atom is 0.328 e. The van der Waals surface area contributed by atoms with E-state index in [0.29, 0.717) is 0 Å². The van der Waals surface area contributed by atoms with Crippen molar-refractivity contribution in [1.82, 2.24) is 10.3 Å². The summed E-state index contributed by atoms with van der Waals surface area (Å²) in [5, 5.41) is 12.5. The smallest absolute Gasteiger partial charge is 0.328 e. The number of pyridine rings is 1. The van der Waals surface area contributed by atoms with Crippen LogP contribution in [0.3, 0.4) is 0 Å². The molecule has 0 fully saturated rings. The van der Waals surface area contributed by atoms with Crippen LogP contribution in [-0.4, -0.2) is 41.2 Å². The Balaban J connectivity index is 2.04. The van der Waals surface area contributed by atoms with E-state index >= 15 is 0 Å². The van der Waals surface area contributed by atoms with Gasteiger partial charge in [-0.25, -0.2) is 9.78 Å². The fraction of sp³-hybridized carbons (Fsp3) is 0.409. The number of aryl methyl sites for hydroxylation is 2. The number of carbonyl (C=O) groups excluding carboxylic acids is 2. The molecule has 1 aromatic carbocycles. The topological polar surface area (TPSA) is 97.8 Å². The molecule has 1 heterocycles. The minimum absolute atomic E-state index is 0.00727. The molecule has 2 aromatic rings. The molecule has 1 amide bonds. The first-order valence-corrected chi connectivity index (χ1v) is 9.46. The standard InChI is InChI=1S/C22H28N2O5/c1-12-8-7-9-13(2)18(12)14(3)16(5)29-22(27)15(4)24-21(26)19-20(25)17(28-6)10-11-23-19/h7-11,14-16,25H,1-6H3,(H,24,26)/t14-,15-,16+/m0/s1. The van der Waals surface area contributed by atoms with Crippen LogP contribution >= 0.6 is 0 Å². The van der Waals surface area contributed by atoms with Crippen LogP contribution in [-0.2, 0) is 9.53 Å². The van der Waals surface area contributed by atoms with E-state index in [-0.39, 0.29) is 29.2 Å². The zero-order chi connectivity index (χ0) is 21.7. The summed E-state index contributed by atoms with van der Waals surface area (Å²) < 4.78 is 10.6. The number of carbonyl (C=O) groups is 2. The predicted octanol–water partition coefficient (Wildman–Crippen LogP) is 3.27. The normalized spacial score (nSPS) is 13.9. The maximum absolute atomic E-state index is 12.5. The highest BCUT2D eigenvalue weighted by molar-refractivity contribution is 5.97. The molecule has 156 valence electrons. The van der Waals surface area contributed by atoms with Gasteiger partial charge >= 0.3 is 5.97 Å². The summed E-state index contributed by atoms with van der Waals surface area (Å²) in [4.78, 5) is 28.7. The molecule has 29 heavy (non-hydrogen) atoms. The van der Waals surface area contributed by atoms with Gasteiger partial charge in [0.05, 0.1) is 7.11 Å². The predicted molar refractivity (Wildman–Crippen MR) is 109 cm³/mol. The summed E-state index contributed by atoms with van der Waals surface area (Å²) in [5.41, 5.74) is 3.21. The van der Waals surface area contributed by atoms with Gasteiger partial charge in [0.25, 0.3) is 5.91 Å². The van der Waals surface area contributed by atoms with Crippen LogP contribution in [0.4, 0.5) is 0 Å². The van der Waals surface area contributed by atoms with Crippen LogP contribution in [0.2, 0.25) is 0 Å². The molecule has 7 nitrogen and oxygen atoms in total. The lowest BCUT2D eigenvalue weighted by Gasteiger charge is -2.25. The lowest BCUT2D eigenvalue weighted by molar-refractivity contribution is -0.151. The van der Waals surface area contributed by atoms with Gasteiger partial charge < -0.3 is 19.9 Å². The van der Waals surface area contributed by atoms with Crippen molar-refractivity contribution in [2.45, 2.75) is 52.7 Å². The highest BCUT2D eigenvalue weighted by atomic mass is 16.5. The molecule has 0 aliphatic heterocycles. The molecular formula is C22H28N2O5. The summed E-state index contributed by atoms with van der Waals surface area (Å²) in [7, 11) is 1.37. The summed E-state index contributed by atoms with van der Waals surface area (Å²) in [6.07, 6.45) is 0.954. The van der Waals surface area contributed by atoms with Crippen molar-refractivity contribution in [1.29, 1.82) is 0 Å². The molecule has 2 N–H and O–H groups in total. The van der Waals surface area contributed by atoms with E-state index in [1.165, 1.54) is 26.3 Å². The molecule has 3 atom stereocenters. The van der Waals surface area contributed by atoms with E-state index < -0.39 is 17.9 Å². The van der Waals surface area contributed by atoms with Crippen LogP contribution in [0.1, 0.15) is 53.9 Å². The molecule has 7 heteroatoms. The number of hydrogen-bond acceptors (Lipinski definition) is 6. The van der Waals surface area contributed by atoms with Crippen LogP contribution < -0.4 is 10.1 Å². The van der Waals surface area contributed by atoms with Crippen LogP contribution in [0.15, 0.2) is 30.5 Å². The number of benzene rings is 1. The number of methoxy groups -OCH3 is 1. The molecule has 0 aliphatic rings. The second-order valence-corrected chi connectivity index (χ2v) is 7.14. The van der Waals surface area contributed by atoms with Crippen LogP contribution in [0.5, 0.6) is 11.5 Å². The van der Waals surface area contributed by atoms with Gasteiger partial charge in [-0.15, -0.1) is 0 Å². The van der Waals surface area contributed by atoms with Crippen molar-refractivity contribution in [3.05, 3.63) is 52.8 Å². The first-order chi connectivity index (χ1) is 13.7. The van der Waals surface area contributed by atoms with Crippen molar-refractivity contribution in [3.8, 4) is 11.5 Å². The SMILES string of the molecule is COc1ccnc(C(=O)N[C@@H](C)C(=O)O[C@H](C)[C@H](C)c2c(C)cccc2C)c1O. The van der Waals surface area contributed by atoms with Crippen molar-refractivity contribution < 1.29 is 24.2 Å². The lowest BCUT2D eigenvalue weighted by Crippen LogP contribution is -2.41. The van der Waals surface area contributed by atoms with Gasteiger partial charge in [0.1, 0.15) is 12.1 Å². The fourth-order valence-electron chi connectivity index (χ4n) is 3.26. The average molecular weight is 400 g/mol. The van der Waals surface area contributed by atoms with Gasteiger partial charge in [-0.05, 0) is 44.4 Å². The average Bonchev–Trinajstić information content (AvgIpc) is 2.67. The summed E-state index contributed by atoms with van der Waals surface area (Å²) in [6, 6.07) is 6.58. The molecule has 0 radical (unpaired) electrons. The van der Waals surface area contributed by atoms with E-state index in [0.717, 1.165) is 16.7 Å². The molecular weight excluding hydrogens is 372 g/mol. The minimum Gasteiger partial charge on any atom is -0.503 e. The summed E-state index contributed by atoms with van der Waals surface area (Å²) >= 11 is 0. The molecule has 0 bridgehead atoms. The lowest BCUT2D eigenvalue weighted by atomic mass is 9.89. The third kappa shape index (κ3) is 5.04. The van der Waals surface area contributed by atoms with E-state index in [9.17, 15) is 14.7 Å². The number of ether oxygens (including phenoxy) is 2. The van der Waals surface area contributed by atoms with Gasteiger partial charge in [0, 0.05) is 18.2 Å². The fourth-order valence-corrected chi connectivity index (χ4v) is 3.26. The summed E-state index contributed by atoms with van der Waals surface area (Å²) in [6.45, 7) is 9.43. The number of hydrogen-bond donors (Lipinski definition) is 2. The van der Waals surface area contributed by atoms with Crippen molar-refractivity contribution in [2.24, 2.45) is 0 Å². The van der Waals surface area contributed by atoms with Gasteiger partial charge in [-0.1, -0.05) is 25.1 Å². The van der Waals surface area contributed by atoms with E-state index in [1.807, 2.05) is 45.9 Å². The number of rotatable bonds is 7. The molecule has 0 saturated carbocycles. The Morgan fingerprint density at radius 2 is 1.72 bits per heavy atom.